The van der Waals surface area contributed by atoms with Crippen molar-refractivity contribution in [1.82, 2.24) is 10.2 Å². The van der Waals surface area contributed by atoms with Crippen molar-refractivity contribution in [3.8, 4) is 0 Å². The third kappa shape index (κ3) is 4.71. The SMILES string of the molecule is C[C@H]1C[C@@H](C(=O)N2CCCC(c3ccccc3)CC2)CCN1.Cl. The number of nitrogens with one attached hydrogen (secondary N) is 1. The molecule has 1 N–H and O–H groups in total. The van der Waals surface area contributed by atoms with Gasteiger partial charge in [-0.15, -0.1) is 12.4 Å². The Hall–Kier alpha value is -1.06. The molecule has 3 atom stereocenters. The van der Waals surface area contributed by atoms with Gasteiger partial charge in [0.05, 0.1) is 0 Å². The van der Waals surface area contributed by atoms with Crippen LogP contribution >= 0.6 is 12.4 Å². The Labute approximate surface area is 146 Å². The number of benzene rings is 1. The van der Waals surface area contributed by atoms with Crippen molar-refractivity contribution in [1.29, 1.82) is 0 Å². The first kappa shape index (κ1) is 18.3. The highest BCUT2D eigenvalue weighted by Gasteiger charge is 2.30. The minimum Gasteiger partial charge on any atom is -0.342 e. The van der Waals surface area contributed by atoms with Gasteiger partial charge in [0.1, 0.15) is 0 Å². The largest absolute Gasteiger partial charge is 0.342 e. The molecule has 1 unspecified atom stereocenters. The molecule has 3 rings (SSSR count). The standard InChI is InChI=1S/C19H28N2O.ClH/c1-15-14-18(9-11-20-15)19(22)21-12-5-8-17(10-13-21)16-6-3-2-4-7-16;/h2-4,6-7,15,17-18,20H,5,8-14H2,1H3;1H/t15-,17?,18-;/m0./s1. The van der Waals surface area contributed by atoms with Gasteiger partial charge >= 0.3 is 0 Å². The molecule has 2 aliphatic heterocycles. The van der Waals surface area contributed by atoms with Gasteiger partial charge in [0.25, 0.3) is 0 Å². The van der Waals surface area contributed by atoms with Crippen molar-refractivity contribution in [2.45, 2.75) is 51.0 Å². The maximum Gasteiger partial charge on any atom is 0.225 e. The molecule has 2 saturated heterocycles. The van der Waals surface area contributed by atoms with Crippen LogP contribution in [0.25, 0.3) is 0 Å². The minimum absolute atomic E-state index is 0. The second-order valence-corrected chi connectivity index (χ2v) is 6.94. The van der Waals surface area contributed by atoms with E-state index < -0.39 is 0 Å². The lowest BCUT2D eigenvalue weighted by molar-refractivity contribution is -0.136. The average Bonchev–Trinajstić information content (AvgIpc) is 2.81. The molecular weight excluding hydrogens is 308 g/mol. The first-order chi connectivity index (χ1) is 10.7. The van der Waals surface area contributed by atoms with Crippen molar-refractivity contribution in [2.24, 2.45) is 5.92 Å². The second-order valence-electron chi connectivity index (χ2n) is 6.94. The number of hydrogen-bond acceptors (Lipinski definition) is 2. The molecular formula is C19H29ClN2O. The fourth-order valence-electron chi connectivity index (χ4n) is 3.99. The molecule has 1 aromatic rings. The molecule has 128 valence electrons. The first-order valence-electron chi connectivity index (χ1n) is 8.81. The highest BCUT2D eigenvalue weighted by atomic mass is 35.5. The van der Waals surface area contributed by atoms with E-state index in [-0.39, 0.29) is 18.3 Å². The van der Waals surface area contributed by atoms with Gasteiger partial charge in [-0.05, 0) is 57.1 Å². The molecule has 0 radical (unpaired) electrons. The Morgan fingerprint density at radius 3 is 2.65 bits per heavy atom. The molecule has 0 spiro atoms. The van der Waals surface area contributed by atoms with E-state index in [1.807, 2.05) is 0 Å². The zero-order chi connectivity index (χ0) is 15.4. The third-order valence-corrected chi connectivity index (χ3v) is 5.28. The topological polar surface area (TPSA) is 32.3 Å². The molecule has 0 aromatic heterocycles. The van der Waals surface area contributed by atoms with Crippen molar-refractivity contribution in [3.63, 3.8) is 0 Å². The van der Waals surface area contributed by atoms with Gasteiger partial charge < -0.3 is 10.2 Å². The fraction of sp³-hybridized carbons (Fsp3) is 0.632. The van der Waals surface area contributed by atoms with E-state index in [0.29, 0.717) is 17.9 Å². The summed E-state index contributed by atoms with van der Waals surface area (Å²) in [5.41, 5.74) is 1.44. The summed E-state index contributed by atoms with van der Waals surface area (Å²) in [7, 11) is 0. The zero-order valence-corrected chi connectivity index (χ0v) is 14.9. The van der Waals surface area contributed by atoms with Crippen LogP contribution in [-0.4, -0.2) is 36.5 Å². The summed E-state index contributed by atoms with van der Waals surface area (Å²) in [5, 5.41) is 3.44. The van der Waals surface area contributed by atoms with Crippen LogP contribution in [-0.2, 0) is 4.79 Å². The van der Waals surface area contributed by atoms with Crippen LogP contribution in [0.4, 0.5) is 0 Å². The van der Waals surface area contributed by atoms with E-state index in [0.717, 1.165) is 45.3 Å². The van der Waals surface area contributed by atoms with Gasteiger partial charge in [0, 0.05) is 25.0 Å². The summed E-state index contributed by atoms with van der Waals surface area (Å²) in [6, 6.07) is 11.3. The van der Waals surface area contributed by atoms with Crippen LogP contribution < -0.4 is 5.32 Å². The molecule has 2 fully saturated rings. The second kappa shape index (κ2) is 8.70. The number of nitrogens with zero attached hydrogens (tertiary/aromatic N) is 1. The first-order valence-corrected chi connectivity index (χ1v) is 8.81. The minimum atomic E-state index is 0. The summed E-state index contributed by atoms with van der Waals surface area (Å²) in [6.45, 7) is 5.04. The Morgan fingerprint density at radius 1 is 1.13 bits per heavy atom. The quantitative estimate of drug-likeness (QED) is 0.895. The van der Waals surface area contributed by atoms with Gasteiger partial charge in [-0.1, -0.05) is 30.3 Å². The van der Waals surface area contributed by atoms with Crippen molar-refractivity contribution in [3.05, 3.63) is 35.9 Å². The normalized spacial score (nSPS) is 28.6. The van der Waals surface area contributed by atoms with Crippen molar-refractivity contribution >= 4 is 18.3 Å². The van der Waals surface area contributed by atoms with Crippen molar-refractivity contribution < 1.29 is 4.79 Å². The summed E-state index contributed by atoms with van der Waals surface area (Å²) in [4.78, 5) is 14.9. The van der Waals surface area contributed by atoms with Crippen LogP contribution in [0.3, 0.4) is 0 Å². The average molecular weight is 337 g/mol. The zero-order valence-electron chi connectivity index (χ0n) is 14.0. The van der Waals surface area contributed by atoms with E-state index >= 15 is 0 Å². The molecule has 3 nitrogen and oxygen atoms in total. The maximum absolute atomic E-state index is 12.8. The number of piperidine rings is 1. The van der Waals surface area contributed by atoms with Crippen LogP contribution in [0.15, 0.2) is 30.3 Å². The Balaban J connectivity index is 0.00000192. The van der Waals surface area contributed by atoms with Gasteiger partial charge in [0.15, 0.2) is 0 Å². The van der Waals surface area contributed by atoms with E-state index in [4.69, 9.17) is 0 Å². The van der Waals surface area contributed by atoms with Gasteiger partial charge in [0.2, 0.25) is 5.91 Å². The van der Waals surface area contributed by atoms with E-state index in [1.54, 1.807) is 0 Å². The van der Waals surface area contributed by atoms with Gasteiger partial charge in [-0.25, -0.2) is 0 Å². The van der Waals surface area contributed by atoms with E-state index in [1.165, 1.54) is 12.0 Å². The number of likely N-dealkylation sites (tertiary alicyclic amines) is 1. The fourth-order valence-corrected chi connectivity index (χ4v) is 3.99. The Kier molecular flexibility index (Phi) is 6.91. The van der Waals surface area contributed by atoms with Gasteiger partial charge in [-0.2, -0.15) is 0 Å². The number of hydrogen-bond donors (Lipinski definition) is 1. The van der Waals surface area contributed by atoms with Crippen LogP contribution in [0.1, 0.15) is 50.5 Å². The number of amides is 1. The molecule has 0 saturated carbocycles. The molecule has 2 heterocycles. The summed E-state index contributed by atoms with van der Waals surface area (Å²) in [6.07, 6.45) is 5.44. The number of carbonyl (C=O) groups excluding carboxylic acids is 1. The van der Waals surface area contributed by atoms with Crippen LogP contribution in [0, 0.1) is 5.92 Å². The Morgan fingerprint density at radius 2 is 1.91 bits per heavy atom. The van der Waals surface area contributed by atoms with E-state index in [2.05, 4.69) is 47.5 Å². The highest BCUT2D eigenvalue weighted by Crippen LogP contribution is 2.29. The molecule has 1 aromatic carbocycles. The van der Waals surface area contributed by atoms with Crippen LogP contribution in [0.5, 0.6) is 0 Å². The molecule has 2 aliphatic rings. The van der Waals surface area contributed by atoms with Crippen molar-refractivity contribution in [2.75, 3.05) is 19.6 Å². The predicted molar refractivity (Wildman–Crippen MR) is 97.1 cm³/mol. The number of rotatable bonds is 2. The molecule has 0 aliphatic carbocycles. The predicted octanol–water partition coefficient (Wildman–Crippen LogP) is 3.59. The highest BCUT2D eigenvalue weighted by molar-refractivity contribution is 5.85. The summed E-state index contributed by atoms with van der Waals surface area (Å²) < 4.78 is 0. The summed E-state index contributed by atoms with van der Waals surface area (Å²) in [5.74, 6) is 1.26. The molecule has 1 amide bonds. The summed E-state index contributed by atoms with van der Waals surface area (Å²) >= 11 is 0. The Bertz CT molecular complexity index is 493. The number of carbonyl (C=O) groups is 1. The lowest BCUT2D eigenvalue weighted by Gasteiger charge is -2.31. The monoisotopic (exact) mass is 336 g/mol. The molecule has 0 bridgehead atoms. The lowest BCUT2D eigenvalue weighted by Crippen LogP contribution is -2.44. The van der Waals surface area contributed by atoms with E-state index in [9.17, 15) is 4.79 Å². The number of halogens is 1. The molecule has 23 heavy (non-hydrogen) atoms. The van der Waals surface area contributed by atoms with Crippen LogP contribution in [0.2, 0.25) is 0 Å². The third-order valence-electron chi connectivity index (χ3n) is 5.28. The smallest absolute Gasteiger partial charge is 0.225 e. The lowest BCUT2D eigenvalue weighted by atomic mass is 9.91. The van der Waals surface area contributed by atoms with Gasteiger partial charge in [-0.3, -0.25) is 4.79 Å². The molecule has 4 heteroatoms. The maximum atomic E-state index is 12.8.